The molecule has 164 valence electrons. The number of nitrogens with one attached hydrogen (secondary N) is 2. The number of nitrogens with zero attached hydrogens (tertiary/aromatic N) is 2. The summed E-state index contributed by atoms with van der Waals surface area (Å²) in [7, 11) is 0. The van der Waals surface area contributed by atoms with Crippen molar-refractivity contribution in [1.82, 2.24) is 14.9 Å². The van der Waals surface area contributed by atoms with E-state index in [4.69, 9.17) is 0 Å². The van der Waals surface area contributed by atoms with Crippen LogP contribution in [0.1, 0.15) is 24.2 Å². The molecule has 0 aliphatic carbocycles. The molecular weight excluding hydrogens is 409 g/mol. The lowest BCUT2D eigenvalue weighted by Crippen LogP contribution is -2.38. The first-order chi connectivity index (χ1) is 14.7. The smallest absolute Gasteiger partial charge is 0.406 e. The Kier molecular flexibility index (Phi) is 5.86. The van der Waals surface area contributed by atoms with Crippen molar-refractivity contribution in [3.05, 3.63) is 53.9 Å². The summed E-state index contributed by atoms with van der Waals surface area (Å²) < 4.78 is 40.5. The third-order valence-corrected chi connectivity index (χ3v) is 5.37. The summed E-state index contributed by atoms with van der Waals surface area (Å²) in [5.41, 5.74) is 3.59. The van der Waals surface area contributed by atoms with Crippen LogP contribution in [0.4, 0.5) is 18.9 Å². The van der Waals surface area contributed by atoms with Crippen LogP contribution in [0.3, 0.4) is 0 Å². The molecule has 0 unspecified atom stereocenters. The highest BCUT2D eigenvalue weighted by Gasteiger charge is 2.31. The minimum Gasteiger partial charge on any atom is -0.406 e. The third kappa shape index (κ3) is 5.55. The monoisotopic (exact) mass is 432 g/mol. The van der Waals surface area contributed by atoms with Crippen LogP contribution in [0.2, 0.25) is 0 Å². The predicted octanol–water partition coefficient (Wildman–Crippen LogP) is 4.62. The van der Waals surface area contributed by atoms with Crippen molar-refractivity contribution < 1.29 is 22.7 Å². The van der Waals surface area contributed by atoms with E-state index in [9.17, 15) is 18.0 Å². The van der Waals surface area contributed by atoms with E-state index in [-0.39, 0.29) is 17.6 Å². The van der Waals surface area contributed by atoms with Crippen molar-refractivity contribution in [3.8, 4) is 5.75 Å². The number of alkyl halides is 3. The van der Waals surface area contributed by atoms with Crippen LogP contribution in [-0.2, 0) is 11.3 Å². The van der Waals surface area contributed by atoms with Crippen LogP contribution in [0.15, 0.2) is 42.5 Å². The van der Waals surface area contributed by atoms with Gasteiger partial charge in [0.15, 0.2) is 0 Å². The predicted molar refractivity (Wildman–Crippen MR) is 111 cm³/mol. The minimum atomic E-state index is -4.74. The van der Waals surface area contributed by atoms with E-state index in [2.05, 4.69) is 31.0 Å². The van der Waals surface area contributed by atoms with Crippen molar-refractivity contribution in [3.63, 3.8) is 0 Å². The molecule has 2 N–H and O–H groups in total. The normalized spacial score (nSPS) is 15.9. The fourth-order valence-electron chi connectivity index (χ4n) is 3.80. The van der Waals surface area contributed by atoms with Gasteiger partial charge in [-0.05, 0) is 74.8 Å². The van der Waals surface area contributed by atoms with E-state index < -0.39 is 6.36 Å². The van der Waals surface area contributed by atoms with E-state index in [0.717, 1.165) is 29.9 Å². The maximum absolute atomic E-state index is 12.5. The number of carbonyl (C=O) groups is 1. The van der Waals surface area contributed by atoms with Crippen molar-refractivity contribution in [2.45, 2.75) is 32.7 Å². The molecule has 0 saturated carbocycles. The molecule has 0 radical (unpaired) electrons. The summed E-state index contributed by atoms with van der Waals surface area (Å²) in [5.74, 6) is 0.327. The number of likely N-dealkylation sites (tertiary alicyclic amines) is 1. The molecule has 1 fully saturated rings. The van der Waals surface area contributed by atoms with Crippen molar-refractivity contribution >= 4 is 22.6 Å². The first kappa shape index (κ1) is 21.2. The number of carbonyl (C=O) groups excluding carboxylic acids is 1. The van der Waals surface area contributed by atoms with Gasteiger partial charge in [-0.2, -0.15) is 0 Å². The van der Waals surface area contributed by atoms with Gasteiger partial charge in [0, 0.05) is 11.6 Å². The molecule has 2 heterocycles. The molecule has 1 aliphatic rings. The Balaban J connectivity index is 1.27. The number of fused-ring (bicyclic) bond motifs is 1. The lowest BCUT2D eigenvalue weighted by atomic mass is 9.96. The molecule has 0 atom stereocenters. The molecule has 3 aromatic rings. The van der Waals surface area contributed by atoms with Gasteiger partial charge in [-0.15, -0.1) is 13.2 Å². The standard InChI is InChI=1S/C22H23F3N4O2/c1-14-2-7-18-19(12-14)28-20(27-18)13-29-10-8-15(9-11-29)21(30)26-16-3-5-17(6-4-16)31-22(23,24)25/h2-7,12,15H,8-11,13H2,1H3,(H,26,30)(H,27,28). The molecule has 1 aromatic heterocycles. The van der Waals surface area contributed by atoms with E-state index in [1.54, 1.807) is 0 Å². The zero-order valence-electron chi connectivity index (χ0n) is 17.0. The van der Waals surface area contributed by atoms with Gasteiger partial charge < -0.3 is 15.0 Å². The van der Waals surface area contributed by atoms with E-state index in [0.29, 0.717) is 25.1 Å². The maximum atomic E-state index is 12.5. The molecule has 0 bridgehead atoms. The number of rotatable bonds is 5. The summed E-state index contributed by atoms with van der Waals surface area (Å²) in [5, 5.41) is 2.78. The highest BCUT2D eigenvalue weighted by atomic mass is 19.4. The Bertz CT molecular complexity index is 1050. The largest absolute Gasteiger partial charge is 0.573 e. The first-order valence-corrected chi connectivity index (χ1v) is 10.1. The van der Waals surface area contributed by atoms with E-state index in [1.165, 1.54) is 29.8 Å². The molecule has 1 amide bonds. The zero-order valence-corrected chi connectivity index (χ0v) is 17.0. The van der Waals surface area contributed by atoms with Gasteiger partial charge in [0.05, 0.1) is 17.6 Å². The van der Waals surface area contributed by atoms with Crippen LogP contribution in [0.25, 0.3) is 11.0 Å². The number of ether oxygens (including phenoxy) is 1. The van der Waals surface area contributed by atoms with Crippen molar-refractivity contribution in [2.75, 3.05) is 18.4 Å². The fraction of sp³-hybridized carbons (Fsp3) is 0.364. The number of piperidine rings is 1. The van der Waals surface area contributed by atoms with Crippen molar-refractivity contribution in [1.29, 1.82) is 0 Å². The van der Waals surface area contributed by atoms with Gasteiger partial charge in [-0.3, -0.25) is 9.69 Å². The summed E-state index contributed by atoms with van der Waals surface area (Å²) in [6, 6.07) is 11.3. The highest BCUT2D eigenvalue weighted by Crippen LogP contribution is 2.25. The average molecular weight is 432 g/mol. The Hall–Kier alpha value is -3.07. The van der Waals surface area contributed by atoms with Gasteiger partial charge in [0.2, 0.25) is 5.91 Å². The number of amides is 1. The Morgan fingerprint density at radius 3 is 2.58 bits per heavy atom. The van der Waals surface area contributed by atoms with Crippen LogP contribution >= 0.6 is 0 Å². The van der Waals surface area contributed by atoms with Crippen LogP contribution in [0, 0.1) is 12.8 Å². The Labute approximate surface area is 177 Å². The number of anilines is 1. The number of hydrogen-bond acceptors (Lipinski definition) is 4. The lowest BCUT2D eigenvalue weighted by molar-refractivity contribution is -0.274. The second kappa shape index (κ2) is 8.58. The number of aryl methyl sites for hydroxylation is 1. The van der Waals surface area contributed by atoms with Crippen molar-refractivity contribution in [2.24, 2.45) is 5.92 Å². The summed E-state index contributed by atoms with van der Waals surface area (Å²) in [6.07, 6.45) is -3.32. The molecule has 1 aliphatic heterocycles. The fourth-order valence-corrected chi connectivity index (χ4v) is 3.80. The molecule has 6 nitrogen and oxygen atoms in total. The Morgan fingerprint density at radius 2 is 1.90 bits per heavy atom. The number of hydrogen-bond donors (Lipinski definition) is 2. The van der Waals surface area contributed by atoms with E-state index >= 15 is 0 Å². The highest BCUT2D eigenvalue weighted by molar-refractivity contribution is 5.92. The molecule has 0 spiro atoms. The second-order valence-corrected chi connectivity index (χ2v) is 7.82. The van der Waals surface area contributed by atoms with Gasteiger partial charge in [0.25, 0.3) is 0 Å². The third-order valence-electron chi connectivity index (χ3n) is 5.37. The van der Waals surface area contributed by atoms with Gasteiger partial charge in [-0.1, -0.05) is 6.07 Å². The topological polar surface area (TPSA) is 70.2 Å². The molecule has 9 heteroatoms. The van der Waals surface area contributed by atoms with E-state index in [1.807, 2.05) is 19.1 Å². The molecule has 31 heavy (non-hydrogen) atoms. The lowest BCUT2D eigenvalue weighted by Gasteiger charge is -2.30. The minimum absolute atomic E-state index is 0.122. The Morgan fingerprint density at radius 1 is 1.19 bits per heavy atom. The molecular formula is C22H23F3N4O2. The zero-order chi connectivity index (χ0) is 22.0. The molecule has 2 aromatic carbocycles. The number of aromatic amines is 1. The van der Waals surface area contributed by atoms with Gasteiger partial charge in [0.1, 0.15) is 11.6 Å². The summed E-state index contributed by atoms with van der Waals surface area (Å²) >= 11 is 0. The first-order valence-electron chi connectivity index (χ1n) is 10.1. The SMILES string of the molecule is Cc1ccc2nc(CN3CCC(C(=O)Nc4ccc(OC(F)(F)F)cc4)CC3)[nH]c2c1. The number of imidazole rings is 1. The second-order valence-electron chi connectivity index (χ2n) is 7.82. The number of halogens is 3. The number of aromatic nitrogens is 2. The van der Waals surface area contributed by atoms with Crippen LogP contribution < -0.4 is 10.1 Å². The van der Waals surface area contributed by atoms with Gasteiger partial charge in [-0.25, -0.2) is 4.98 Å². The van der Waals surface area contributed by atoms with Gasteiger partial charge >= 0.3 is 6.36 Å². The molecule has 1 saturated heterocycles. The average Bonchev–Trinajstić information content (AvgIpc) is 3.10. The quantitative estimate of drug-likeness (QED) is 0.617. The number of H-pyrrole nitrogens is 1. The molecule has 4 rings (SSSR count). The maximum Gasteiger partial charge on any atom is 0.573 e. The summed E-state index contributed by atoms with van der Waals surface area (Å²) in [4.78, 5) is 22.8. The summed E-state index contributed by atoms with van der Waals surface area (Å²) in [6.45, 7) is 4.28. The van der Waals surface area contributed by atoms with Crippen LogP contribution in [-0.4, -0.2) is 40.2 Å². The number of benzene rings is 2. The van der Waals surface area contributed by atoms with Crippen LogP contribution in [0.5, 0.6) is 5.75 Å².